The number of aliphatic carboxylic acids is 1. The van der Waals surface area contributed by atoms with Crippen molar-refractivity contribution in [2.24, 2.45) is 0 Å². The molecule has 0 saturated carbocycles. The van der Waals surface area contributed by atoms with Gasteiger partial charge in [-0.05, 0) is 30.5 Å². The maximum Gasteiger partial charge on any atom is 0.305 e. The van der Waals surface area contributed by atoms with Crippen LogP contribution in [0.5, 0.6) is 0 Å². The van der Waals surface area contributed by atoms with Crippen molar-refractivity contribution in [1.82, 2.24) is 4.90 Å². The average Bonchev–Trinajstić information content (AvgIpc) is 3.01. The van der Waals surface area contributed by atoms with Gasteiger partial charge in [-0.15, -0.1) is 0 Å². The van der Waals surface area contributed by atoms with Crippen molar-refractivity contribution in [3.8, 4) is 0 Å². The number of carbonyl (C=O) groups is 3. The molecule has 2 N–H and O–H groups in total. The number of anilines is 1. The van der Waals surface area contributed by atoms with E-state index in [0.29, 0.717) is 24.2 Å². The van der Waals surface area contributed by atoms with Gasteiger partial charge in [-0.25, -0.2) is 0 Å². The third kappa shape index (κ3) is 2.61. The van der Waals surface area contributed by atoms with Crippen molar-refractivity contribution in [3.63, 3.8) is 0 Å². The van der Waals surface area contributed by atoms with E-state index in [1.807, 2.05) is 0 Å². The Kier molecular flexibility index (Phi) is 3.37. The molecule has 0 radical (unpaired) electrons. The molecule has 0 bridgehead atoms. The number of carboxylic acid groups (broad SMARTS) is 1. The monoisotopic (exact) mass is 288 g/mol. The van der Waals surface area contributed by atoms with E-state index < -0.39 is 5.97 Å². The number of likely N-dealkylation sites (tertiary alicyclic amines) is 1. The van der Waals surface area contributed by atoms with E-state index >= 15 is 0 Å². The maximum atomic E-state index is 12.5. The van der Waals surface area contributed by atoms with Crippen molar-refractivity contribution >= 4 is 23.5 Å². The van der Waals surface area contributed by atoms with E-state index in [-0.39, 0.29) is 24.3 Å². The number of nitrogens with one attached hydrogen (secondary N) is 1. The molecule has 3 rings (SSSR count). The minimum atomic E-state index is -0.888. The normalized spacial score (nSPS) is 20.3. The summed E-state index contributed by atoms with van der Waals surface area (Å²) in [6, 6.07) is 4.93. The van der Waals surface area contributed by atoms with Crippen LogP contribution in [0, 0.1) is 0 Å². The van der Waals surface area contributed by atoms with Crippen LogP contribution in [-0.4, -0.2) is 40.4 Å². The third-order valence-electron chi connectivity index (χ3n) is 4.03. The predicted molar refractivity (Wildman–Crippen MR) is 75.1 cm³/mol. The second kappa shape index (κ2) is 5.20. The van der Waals surface area contributed by atoms with Crippen LogP contribution in [0.25, 0.3) is 0 Å². The Balaban J connectivity index is 1.80. The van der Waals surface area contributed by atoms with Crippen LogP contribution in [0.3, 0.4) is 0 Å². The van der Waals surface area contributed by atoms with Crippen LogP contribution >= 0.6 is 0 Å². The summed E-state index contributed by atoms with van der Waals surface area (Å²) in [4.78, 5) is 36.4. The van der Waals surface area contributed by atoms with Crippen molar-refractivity contribution in [2.75, 3.05) is 11.9 Å². The highest BCUT2D eigenvalue weighted by atomic mass is 16.4. The molecule has 2 amide bonds. The lowest BCUT2D eigenvalue weighted by Gasteiger charge is -2.23. The lowest BCUT2D eigenvalue weighted by molar-refractivity contribution is -0.138. The largest absolute Gasteiger partial charge is 0.481 e. The highest BCUT2D eigenvalue weighted by Gasteiger charge is 2.31. The summed E-state index contributed by atoms with van der Waals surface area (Å²) in [5, 5.41) is 11.6. The maximum absolute atomic E-state index is 12.5. The highest BCUT2D eigenvalue weighted by Crippen LogP contribution is 2.27. The fraction of sp³-hybridized carbons (Fsp3) is 0.400. The number of carbonyl (C=O) groups excluding carboxylic acids is 2. The van der Waals surface area contributed by atoms with Gasteiger partial charge in [0.05, 0.1) is 12.8 Å². The molecule has 0 aromatic heterocycles. The minimum Gasteiger partial charge on any atom is -0.481 e. The molecule has 1 fully saturated rings. The molecule has 1 aromatic carbocycles. The molecule has 1 unspecified atom stereocenters. The second-order valence-electron chi connectivity index (χ2n) is 5.49. The lowest BCUT2D eigenvalue weighted by Crippen LogP contribution is -2.36. The molecule has 6 heteroatoms. The summed E-state index contributed by atoms with van der Waals surface area (Å²) in [5.74, 6) is -1.12. The van der Waals surface area contributed by atoms with E-state index in [0.717, 1.165) is 18.4 Å². The SMILES string of the molecule is O=C(O)CC1CCCN1C(=O)c1ccc2c(c1)NC(=O)C2. The van der Waals surface area contributed by atoms with Crippen molar-refractivity contribution in [1.29, 1.82) is 0 Å². The number of nitrogens with zero attached hydrogens (tertiary/aromatic N) is 1. The van der Waals surface area contributed by atoms with Gasteiger partial charge >= 0.3 is 5.97 Å². The molecule has 2 aliphatic rings. The van der Waals surface area contributed by atoms with Crippen LogP contribution in [0.15, 0.2) is 18.2 Å². The summed E-state index contributed by atoms with van der Waals surface area (Å²) in [6.07, 6.45) is 1.87. The smallest absolute Gasteiger partial charge is 0.305 e. The van der Waals surface area contributed by atoms with Crippen LogP contribution in [-0.2, 0) is 16.0 Å². The summed E-state index contributed by atoms with van der Waals surface area (Å²) in [5.41, 5.74) is 2.06. The first kappa shape index (κ1) is 13.6. The molecular formula is C15H16N2O4. The van der Waals surface area contributed by atoms with E-state index in [9.17, 15) is 14.4 Å². The topological polar surface area (TPSA) is 86.7 Å². The van der Waals surface area contributed by atoms with Gasteiger partial charge in [0.15, 0.2) is 0 Å². The zero-order valence-electron chi connectivity index (χ0n) is 11.5. The van der Waals surface area contributed by atoms with Crippen molar-refractivity contribution < 1.29 is 19.5 Å². The Morgan fingerprint density at radius 1 is 1.38 bits per heavy atom. The molecule has 1 saturated heterocycles. The van der Waals surface area contributed by atoms with Crippen LogP contribution in [0.1, 0.15) is 35.2 Å². The first-order chi connectivity index (χ1) is 10.0. The van der Waals surface area contributed by atoms with Gasteiger partial charge in [-0.2, -0.15) is 0 Å². The molecule has 6 nitrogen and oxygen atoms in total. The number of carboxylic acids is 1. The number of hydrogen-bond acceptors (Lipinski definition) is 3. The first-order valence-electron chi connectivity index (χ1n) is 7.00. The number of benzene rings is 1. The van der Waals surface area contributed by atoms with Gasteiger partial charge in [0, 0.05) is 23.8 Å². The molecular weight excluding hydrogens is 272 g/mol. The molecule has 0 spiro atoms. The van der Waals surface area contributed by atoms with E-state index in [1.165, 1.54) is 0 Å². The molecule has 2 aliphatic heterocycles. The number of hydrogen-bond donors (Lipinski definition) is 2. The standard InChI is InChI=1S/C15H16N2O4/c18-13-7-9-3-4-10(6-12(9)16-13)15(21)17-5-1-2-11(17)8-14(19)20/h3-4,6,11H,1-2,5,7-8H2,(H,16,18)(H,19,20). The number of rotatable bonds is 3. The van der Waals surface area contributed by atoms with Crippen LogP contribution < -0.4 is 5.32 Å². The van der Waals surface area contributed by atoms with E-state index in [4.69, 9.17) is 5.11 Å². The lowest BCUT2D eigenvalue weighted by atomic mass is 10.1. The van der Waals surface area contributed by atoms with Gasteiger partial charge in [-0.1, -0.05) is 6.07 Å². The fourth-order valence-corrected chi connectivity index (χ4v) is 3.03. The van der Waals surface area contributed by atoms with Gasteiger partial charge in [0.25, 0.3) is 5.91 Å². The number of amides is 2. The molecule has 110 valence electrons. The van der Waals surface area contributed by atoms with Crippen molar-refractivity contribution in [3.05, 3.63) is 29.3 Å². The van der Waals surface area contributed by atoms with Gasteiger partial charge in [0.1, 0.15) is 0 Å². The van der Waals surface area contributed by atoms with Gasteiger partial charge in [-0.3, -0.25) is 14.4 Å². The third-order valence-corrected chi connectivity index (χ3v) is 4.03. The Hall–Kier alpha value is -2.37. The Labute approximate surface area is 121 Å². The Morgan fingerprint density at radius 3 is 2.95 bits per heavy atom. The average molecular weight is 288 g/mol. The summed E-state index contributed by atoms with van der Waals surface area (Å²) in [7, 11) is 0. The first-order valence-corrected chi connectivity index (χ1v) is 7.00. The van der Waals surface area contributed by atoms with Gasteiger partial charge < -0.3 is 15.3 Å². The van der Waals surface area contributed by atoms with E-state index in [2.05, 4.69) is 5.32 Å². The molecule has 2 heterocycles. The number of fused-ring (bicyclic) bond motifs is 1. The Morgan fingerprint density at radius 2 is 2.19 bits per heavy atom. The summed E-state index contributed by atoms with van der Waals surface area (Å²) < 4.78 is 0. The highest BCUT2D eigenvalue weighted by molar-refractivity contribution is 6.02. The predicted octanol–water partition coefficient (Wildman–Crippen LogP) is 1.26. The zero-order valence-corrected chi connectivity index (χ0v) is 11.5. The van der Waals surface area contributed by atoms with E-state index in [1.54, 1.807) is 23.1 Å². The molecule has 0 aliphatic carbocycles. The summed E-state index contributed by atoms with van der Waals surface area (Å²) in [6.45, 7) is 0.584. The fourth-order valence-electron chi connectivity index (χ4n) is 3.03. The van der Waals surface area contributed by atoms with Gasteiger partial charge in [0.2, 0.25) is 5.91 Å². The molecule has 21 heavy (non-hydrogen) atoms. The second-order valence-corrected chi connectivity index (χ2v) is 5.49. The molecule has 1 atom stereocenters. The summed E-state index contributed by atoms with van der Waals surface area (Å²) >= 11 is 0. The van der Waals surface area contributed by atoms with Crippen LogP contribution in [0.2, 0.25) is 0 Å². The Bertz CT molecular complexity index is 626. The quantitative estimate of drug-likeness (QED) is 0.876. The minimum absolute atomic E-state index is 0.0204. The zero-order chi connectivity index (χ0) is 15.0. The van der Waals surface area contributed by atoms with Crippen molar-refractivity contribution in [2.45, 2.75) is 31.7 Å². The molecule has 1 aromatic rings. The van der Waals surface area contributed by atoms with Crippen LogP contribution in [0.4, 0.5) is 5.69 Å².